The molecular formula is C15H21N5S. The fourth-order valence-electron chi connectivity index (χ4n) is 3.16. The molecule has 0 unspecified atom stereocenters. The van der Waals surface area contributed by atoms with E-state index < -0.39 is 0 Å². The van der Waals surface area contributed by atoms with Gasteiger partial charge in [-0.2, -0.15) is 4.98 Å². The summed E-state index contributed by atoms with van der Waals surface area (Å²) in [6.07, 6.45) is 6.27. The van der Waals surface area contributed by atoms with E-state index in [4.69, 9.17) is 4.98 Å². The van der Waals surface area contributed by atoms with Gasteiger partial charge in [0.05, 0.1) is 4.88 Å². The molecule has 0 radical (unpaired) electrons. The van der Waals surface area contributed by atoms with Crippen LogP contribution in [-0.2, 0) is 12.8 Å². The molecule has 2 aromatic heterocycles. The third kappa shape index (κ3) is 2.70. The monoisotopic (exact) mass is 303 g/mol. The molecule has 0 bridgehead atoms. The lowest BCUT2D eigenvalue weighted by Crippen LogP contribution is -2.28. The molecule has 0 aromatic carbocycles. The predicted octanol–water partition coefficient (Wildman–Crippen LogP) is 2.21. The number of aryl methyl sites for hydroxylation is 2. The molecule has 3 heterocycles. The number of hydrogen-bond acceptors (Lipinski definition) is 5. The highest BCUT2D eigenvalue weighted by molar-refractivity contribution is 7.15. The molecule has 2 N–H and O–H groups in total. The van der Waals surface area contributed by atoms with Crippen LogP contribution in [-0.4, -0.2) is 41.4 Å². The number of aromatic nitrogens is 3. The van der Waals surface area contributed by atoms with Crippen molar-refractivity contribution in [3.05, 3.63) is 16.5 Å². The van der Waals surface area contributed by atoms with Crippen molar-refractivity contribution in [2.75, 3.05) is 31.1 Å². The molecule has 21 heavy (non-hydrogen) atoms. The molecule has 0 saturated carbocycles. The molecule has 1 saturated heterocycles. The topological polar surface area (TPSA) is 56.8 Å². The van der Waals surface area contributed by atoms with Crippen LogP contribution in [0.5, 0.6) is 0 Å². The van der Waals surface area contributed by atoms with E-state index in [-0.39, 0.29) is 0 Å². The van der Waals surface area contributed by atoms with Crippen LogP contribution in [0.15, 0.2) is 6.07 Å². The highest BCUT2D eigenvalue weighted by atomic mass is 32.1. The minimum atomic E-state index is 0.847. The van der Waals surface area contributed by atoms with Crippen molar-refractivity contribution in [3.8, 4) is 10.7 Å². The zero-order valence-corrected chi connectivity index (χ0v) is 13.0. The Morgan fingerprint density at radius 3 is 3.00 bits per heavy atom. The molecule has 5 nitrogen and oxygen atoms in total. The Kier molecular flexibility index (Phi) is 3.65. The quantitative estimate of drug-likeness (QED) is 0.893. The maximum atomic E-state index is 4.73. The van der Waals surface area contributed by atoms with E-state index in [9.17, 15) is 0 Å². The van der Waals surface area contributed by atoms with Crippen molar-refractivity contribution >= 4 is 17.3 Å². The van der Waals surface area contributed by atoms with Gasteiger partial charge in [-0.25, -0.2) is 0 Å². The molecule has 2 aromatic rings. The van der Waals surface area contributed by atoms with Crippen molar-refractivity contribution < 1.29 is 0 Å². The smallest absolute Gasteiger partial charge is 0.245 e. The number of fused-ring (bicyclic) bond motifs is 1. The molecule has 2 aliphatic rings. The summed E-state index contributed by atoms with van der Waals surface area (Å²) in [7, 11) is 0. The second-order valence-corrected chi connectivity index (χ2v) is 6.98. The van der Waals surface area contributed by atoms with Gasteiger partial charge >= 0.3 is 0 Å². The molecule has 112 valence electrons. The zero-order chi connectivity index (χ0) is 14.1. The highest BCUT2D eigenvalue weighted by Crippen LogP contribution is 2.34. The number of H-pyrrole nitrogens is 1. The molecular weight excluding hydrogens is 282 g/mol. The number of nitrogens with zero attached hydrogens (tertiary/aromatic N) is 3. The third-order valence-electron chi connectivity index (χ3n) is 4.33. The minimum Gasteiger partial charge on any atom is -0.338 e. The number of hydrogen-bond donors (Lipinski definition) is 2. The first kappa shape index (κ1) is 13.3. The molecule has 0 atom stereocenters. The summed E-state index contributed by atoms with van der Waals surface area (Å²) in [5, 5.41) is 11.0. The van der Waals surface area contributed by atoms with Gasteiger partial charge in [-0.05, 0) is 50.3 Å². The molecule has 4 rings (SSSR count). The molecule has 1 aliphatic carbocycles. The normalized spacial score (nSPS) is 19.3. The first-order valence-electron chi connectivity index (χ1n) is 7.90. The lowest BCUT2D eigenvalue weighted by atomic mass is 9.99. The van der Waals surface area contributed by atoms with Crippen LogP contribution in [0.1, 0.15) is 29.7 Å². The number of aromatic amines is 1. The van der Waals surface area contributed by atoms with Gasteiger partial charge < -0.3 is 10.2 Å². The van der Waals surface area contributed by atoms with E-state index in [1.165, 1.54) is 36.1 Å². The van der Waals surface area contributed by atoms with Gasteiger partial charge in [0.25, 0.3) is 0 Å². The molecule has 1 aliphatic heterocycles. The van der Waals surface area contributed by atoms with Crippen LogP contribution in [0.25, 0.3) is 10.7 Å². The maximum Gasteiger partial charge on any atom is 0.245 e. The van der Waals surface area contributed by atoms with Gasteiger partial charge in [0.2, 0.25) is 5.95 Å². The van der Waals surface area contributed by atoms with Crippen molar-refractivity contribution in [2.45, 2.75) is 32.1 Å². The highest BCUT2D eigenvalue weighted by Gasteiger charge is 2.18. The lowest BCUT2D eigenvalue weighted by molar-refractivity contribution is 0.697. The maximum absolute atomic E-state index is 4.73. The molecule has 1 fully saturated rings. The van der Waals surface area contributed by atoms with E-state index in [0.29, 0.717) is 0 Å². The third-order valence-corrected chi connectivity index (χ3v) is 5.57. The molecule has 0 spiro atoms. The number of rotatable bonds is 2. The van der Waals surface area contributed by atoms with Gasteiger partial charge in [-0.15, -0.1) is 16.4 Å². The Balaban J connectivity index is 1.57. The summed E-state index contributed by atoms with van der Waals surface area (Å²) < 4.78 is 0. The Bertz CT molecular complexity index is 586. The van der Waals surface area contributed by atoms with Crippen LogP contribution in [0.2, 0.25) is 0 Å². The summed E-state index contributed by atoms with van der Waals surface area (Å²) in [6.45, 7) is 4.12. The van der Waals surface area contributed by atoms with E-state index in [2.05, 4.69) is 26.5 Å². The van der Waals surface area contributed by atoms with Crippen molar-refractivity contribution in [2.24, 2.45) is 0 Å². The predicted molar refractivity (Wildman–Crippen MR) is 86.0 cm³/mol. The van der Waals surface area contributed by atoms with Crippen LogP contribution in [0.4, 0.5) is 5.95 Å². The van der Waals surface area contributed by atoms with Gasteiger partial charge in [0, 0.05) is 24.5 Å². The Hall–Kier alpha value is -1.40. The average molecular weight is 303 g/mol. The number of anilines is 1. The summed E-state index contributed by atoms with van der Waals surface area (Å²) in [5.41, 5.74) is 1.53. The van der Waals surface area contributed by atoms with E-state index in [1.807, 2.05) is 11.3 Å². The van der Waals surface area contributed by atoms with Crippen LogP contribution in [0, 0.1) is 0 Å². The fourth-order valence-corrected chi connectivity index (χ4v) is 4.35. The van der Waals surface area contributed by atoms with Gasteiger partial charge in [0.1, 0.15) is 0 Å². The first-order chi connectivity index (χ1) is 10.4. The first-order valence-corrected chi connectivity index (χ1v) is 8.72. The fraction of sp³-hybridized carbons (Fsp3) is 0.600. The Morgan fingerprint density at radius 1 is 1.10 bits per heavy atom. The van der Waals surface area contributed by atoms with Crippen molar-refractivity contribution in [3.63, 3.8) is 0 Å². The summed E-state index contributed by atoms with van der Waals surface area (Å²) >= 11 is 1.89. The van der Waals surface area contributed by atoms with Crippen LogP contribution >= 0.6 is 11.3 Å². The number of nitrogens with one attached hydrogen (secondary N) is 2. The second kappa shape index (κ2) is 5.77. The summed E-state index contributed by atoms with van der Waals surface area (Å²) in [6, 6.07) is 2.31. The minimum absolute atomic E-state index is 0.847. The number of thiophene rings is 1. The van der Waals surface area contributed by atoms with Gasteiger partial charge in [-0.1, -0.05) is 0 Å². The van der Waals surface area contributed by atoms with Gasteiger partial charge in [-0.3, -0.25) is 5.10 Å². The summed E-state index contributed by atoms with van der Waals surface area (Å²) in [4.78, 5) is 9.80. The van der Waals surface area contributed by atoms with Crippen molar-refractivity contribution in [1.82, 2.24) is 20.5 Å². The zero-order valence-electron chi connectivity index (χ0n) is 12.2. The average Bonchev–Trinajstić information content (AvgIpc) is 3.07. The Labute approximate surface area is 128 Å². The van der Waals surface area contributed by atoms with E-state index in [1.54, 1.807) is 4.88 Å². The lowest BCUT2D eigenvalue weighted by Gasteiger charge is -2.16. The van der Waals surface area contributed by atoms with E-state index >= 15 is 0 Å². The van der Waals surface area contributed by atoms with Crippen LogP contribution < -0.4 is 10.2 Å². The molecule has 6 heteroatoms. The van der Waals surface area contributed by atoms with Crippen molar-refractivity contribution in [1.29, 1.82) is 0 Å². The SMILES string of the molecule is c1c(-c2nc(N3CCCNCC3)n[nH]2)sc2c1CCCC2. The summed E-state index contributed by atoms with van der Waals surface area (Å²) in [5.74, 6) is 1.78. The largest absolute Gasteiger partial charge is 0.338 e. The molecule has 0 amide bonds. The van der Waals surface area contributed by atoms with Crippen LogP contribution in [0.3, 0.4) is 0 Å². The standard InChI is InChI=1S/C15H21N5S/c1-2-5-12-11(4-1)10-13(21-12)14-17-15(19-18-14)20-8-3-6-16-7-9-20/h10,16H,1-9H2,(H,17,18,19). The second-order valence-electron chi connectivity index (χ2n) is 5.84. The Morgan fingerprint density at radius 2 is 2.05 bits per heavy atom. The van der Waals surface area contributed by atoms with Gasteiger partial charge in [0.15, 0.2) is 5.82 Å². The van der Waals surface area contributed by atoms with E-state index in [0.717, 1.165) is 44.4 Å².